The molecule has 1 amide bonds. The molecule has 1 heterocycles. The van der Waals surface area contributed by atoms with Gasteiger partial charge in [-0.05, 0) is 30.3 Å². The molecular weight excluding hydrogens is 363 g/mol. The Bertz CT molecular complexity index is 1080. The lowest BCUT2D eigenvalue weighted by atomic mass is 10.1. The van der Waals surface area contributed by atoms with Crippen molar-refractivity contribution < 1.29 is 23.2 Å². The minimum atomic E-state index is -4.67. The number of benzene rings is 2. The Morgan fingerprint density at radius 1 is 1.30 bits per heavy atom. The molecule has 0 aliphatic heterocycles. The number of nitriles is 1. The second-order valence-electron chi connectivity index (χ2n) is 5.64. The van der Waals surface area contributed by atoms with E-state index in [0.717, 1.165) is 6.07 Å². The molecule has 3 N–H and O–H groups in total. The average Bonchev–Trinajstić information content (AvgIpc) is 2.95. The molecule has 138 valence electrons. The van der Waals surface area contributed by atoms with Crippen LogP contribution in [0.25, 0.3) is 11.0 Å². The first-order valence-electron chi connectivity index (χ1n) is 7.54. The summed E-state index contributed by atoms with van der Waals surface area (Å²) in [5.41, 5.74) is 0.717. The van der Waals surface area contributed by atoms with Gasteiger partial charge in [0.05, 0.1) is 22.7 Å². The SMILES string of the molecule is Cn1c(Nc2cccc(C(=O)NO)c2)nc2c(C(F)(F)F)cc(C#N)cc21. The van der Waals surface area contributed by atoms with Crippen LogP contribution in [0.2, 0.25) is 0 Å². The van der Waals surface area contributed by atoms with Crippen LogP contribution in [0.3, 0.4) is 0 Å². The highest BCUT2D eigenvalue weighted by Crippen LogP contribution is 2.36. The van der Waals surface area contributed by atoms with Gasteiger partial charge in [-0.25, -0.2) is 10.5 Å². The van der Waals surface area contributed by atoms with Crippen molar-refractivity contribution in [2.45, 2.75) is 6.18 Å². The summed E-state index contributed by atoms with van der Waals surface area (Å²) in [5.74, 6) is -0.645. The van der Waals surface area contributed by atoms with Crippen LogP contribution in [-0.4, -0.2) is 20.7 Å². The van der Waals surface area contributed by atoms with E-state index in [4.69, 9.17) is 10.5 Å². The van der Waals surface area contributed by atoms with Gasteiger partial charge in [0.1, 0.15) is 5.52 Å². The van der Waals surface area contributed by atoms with Crippen LogP contribution in [0.1, 0.15) is 21.5 Å². The molecule has 0 saturated heterocycles. The molecule has 0 saturated carbocycles. The Hall–Kier alpha value is -3.58. The lowest BCUT2D eigenvalue weighted by molar-refractivity contribution is -0.136. The number of aromatic nitrogens is 2. The van der Waals surface area contributed by atoms with Crippen molar-refractivity contribution in [1.82, 2.24) is 15.0 Å². The summed E-state index contributed by atoms with van der Waals surface area (Å²) in [6.45, 7) is 0. The first-order valence-corrected chi connectivity index (χ1v) is 7.54. The Morgan fingerprint density at radius 2 is 2.04 bits per heavy atom. The second-order valence-corrected chi connectivity index (χ2v) is 5.64. The van der Waals surface area contributed by atoms with Crippen LogP contribution < -0.4 is 10.8 Å². The fourth-order valence-electron chi connectivity index (χ4n) is 2.61. The summed E-state index contributed by atoms with van der Waals surface area (Å²) in [5, 5.41) is 20.5. The molecule has 0 spiro atoms. The number of imidazole rings is 1. The number of aryl methyl sites for hydroxylation is 1. The molecule has 3 rings (SSSR count). The van der Waals surface area contributed by atoms with Gasteiger partial charge in [-0.15, -0.1) is 0 Å². The zero-order valence-corrected chi connectivity index (χ0v) is 13.8. The van der Waals surface area contributed by atoms with Crippen molar-refractivity contribution >= 4 is 28.6 Å². The van der Waals surface area contributed by atoms with Gasteiger partial charge in [0, 0.05) is 18.3 Å². The van der Waals surface area contributed by atoms with E-state index in [1.54, 1.807) is 12.1 Å². The molecule has 0 aliphatic rings. The lowest BCUT2D eigenvalue weighted by Gasteiger charge is -2.08. The van der Waals surface area contributed by atoms with Gasteiger partial charge in [-0.3, -0.25) is 10.0 Å². The monoisotopic (exact) mass is 375 g/mol. The fourth-order valence-corrected chi connectivity index (χ4v) is 2.61. The van der Waals surface area contributed by atoms with Gasteiger partial charge >= 0.3 is 6.18 Å². The number of carbonyl (C=O) groups excluding carboxylic acids is 1. The first kappa shape index (κ1) is 18.2. The number of fused-ring (bicyclic) bond motifs is 1. The van der Waals surface area contributed by atoms with Gasteiger partial charge in [-0.1, -0.05) is 6.07 Å². The number of hydrogen-bond donors (Lipinski definition) is 3. The Kier molecular flexibility index (Phi) is 4.47. The van der Waals surface area contributed by atoms with Crippen LogP contribution in [0.4, 0.5) is 24.8 Å². The first-order chi connectivity index (χ1) is 12.7. The standard InChI is InChI=1S/C17H12F3N5O2/c1-25-13-6-9(8-21)5-12(17(18,19)20)14(13)23-16(25)22-11-4-2-3-10(7-11)15(26)24-27/h2-7,27H,1H3,(H,22,23)(H,24,26). The van der Waals surface area contributed by atoms with E-state index >= 15 is 0 Å². The summed E-state index contributed by atoms with van der Waals surface area (Å²) in [6, 6.07) is 9.75. The molecule has 3 aromatic rings. The molecule has 27 heavy (non-hydrogen) atoms. The third-order valence-electron chi connectivity index (χ3n) is 3.90. The lowest BCUT2D eigenvalue weighted by Crippen LogP contribution is -2.18. The van der Waals surface area contributed by atoms with Crippen molar-refractivity contribution in [3.05, 3.63) is 53.1 Å². The average molecular weight is 375 g/mol. The van der Waals surface area contributed by atoms with Gasteiger partial charge in [0.15, 0.2) is 0 Å². The number of alkyl halides is 3. The maximum atomic E-state index is 13.3. The second kappa shape index (κ2) is 6.62. The molecule has 0 atom stereocenters. The van der Waals surface area contributed by atoms with E-state index in [-0.39, 0.29) is 28.1 Å². The van der Waals surface area contributed by atoms with Gasteiger partial charge in [0.25, 0.3) is 5.91 Å². The quantitative estimate of drug-likeness (QED) is 0.481. The van der Waals surface area contributed by atoms with E-state index < -0.39 is 17.6 Å². The summed E-state index contributed by atoms with van der Waals surface area (Å²) in [7, 11) is 1.50. The van der Waals surface area contributed by atoms with E-state index in [9.17, 15) is 18.0 Å². The van der Waals surface area contributed by atoms with Crippen LogP contribution in [0.5, 0.6) is 0 Å². The molecule has 2 aromatic carbocycles. The highest BCUT2D eigenvalue weighted by atomic mass is 19.4. The van der Waals surface area contributed by atoms with Crippen molar-refractivity contribution in [2.75, 3.05) is 5.32 Å². The minimum Gasteiger partial charge on any atom is -0.326 e. The summed E-state index contributed by atoms with van der Waals surface area (Å²) < 4.78 is 41.4. The molecule has 0 fully saturated rings. The van der Waals surface area contributed by atoms with Crippen molar-refractivity contribution in [1.29, 1.82) is 5.26 Å². The number of carbonyl (C=O) groups is 1. The largest absolute Gasteiger partial charge is 0.418 e. The van der Waals surface area contributed by atoms with Gasteiger partial charge < -0.3 is 9.88 Å². The highest BCUT2D eigenvalue weighted by molar-refractivity contribution is 5.94. The summed E-state index contributed by atoms with van der Waals surface area (Å²) >= 11 is 0. The normalized spacial score (nSPS) is 11.3. The molecule has 1 aromatic heterocycles. The maximum Gasteiger partial charge on any atom is 0.418 e. The number of anilines is 2. The number of rotatable bonds is 3. The van der Waals surface area contributed by atoms with E-state index in [2.05, 4.69) is 10.3 Å². The molecule has 0 radical (unpaired) electrons. The Morgan fingerprint density at radius 3 is 2.67 bits per heavy atom. The van der Waals surface area contributed by atoms with Crippen LogP contribution in [0, 0.1) is 11.3 Å². The Balaban J connectivity index is 2.10. The molecule has 0 aliphatic carbocycles. The van der Waals surface area contributed by atoms with Crippen molar-refractivity contribution in [3.63, 3.8) is 0 Å². The number of hydrogen-bond acceptors (Lipinski definition) is 5. The third-order valence-corrected chi connectivity index (χ3v) is 3.90. The molecule has 7 nitrogen and oxygen atoms in total. The van der Waals surface area contributed by atoms with Gasteiger partial charge in [0.2, 0.25) is 5.95 Å². The number of nitrogens with one attached hydrogen (secondary N) is 2. The zero-order chi connectivity index (χ0) is 19.8. The maximum absolute atomic E-state index is 13.3. The number of amides is 1. The zero-order valence-electron chi connectivity index (χ0n) is 13.8. The van der Waals surface area contributed by atoms with E-state index in [1.807, 2.05) is 0 Å². The number of hydroxylamine groups is 1. The van der Waals surface area contributed by atoms with E-state index in [1.165, 1.54) is 41.4 Å². The van der Waals surface area contributed by atoms with Crippen LogP contribution in [0.15, 0.2) is 36.4 Å². The Labute approximate surface area is 150 Å². The van der Waals surface area contributed by atoms with Gasteiger partial charge in [-0.2, -0.15) is 18.4 Å². The molecular formula is C17H12F3N5O2. The smallest absolute Gasteiger partial charge is 0.326 e. The molecule has 0 bridgehead atoms. The highest BCUT2D eigenvalue weighted by Gasteiger charge is 2.35. The molecule has 0 unspecified atom stereocenters. The fraction of sp³-hybridized carbons (Fsp3) is 0.118. The van der Waals surface area contributed by atoms with Crippen molar-refractivity contribution in [2.24, 2.45) is 7.05 Å². The van der Waals surface area contributed by atoms with Crippen LogP contribution >= 0.6 is 0 Å². The van der Waals surface area contributed by atoms with Crippen molar-refractivity contribution in [3.8, 4) is 6.07 Å². The third kappa shape index (κ3) is 3.40. The minimum absolute atomic E-state index is 0.0900. The number of halogens is 3. The molecule has 10 heteroatoms. The summed E-state index contributed by atoms with van der Waals surface area (Å²) in [4.78, 5) is 15.5. The van der Waals surface area contributed by atoms with Crippen LogP contribution in [-0.2, 0) is 13.2 Å². The predicted molar refractivity (Wildman–Crippen MR) is 89.4 cm³/mol. The van der Waals surface area contributed by atoms with E-state index in [0.29, 0.717) is 5.69 Å². The summed E-state index contributed by atoms with van der Waals surface area (Å²) in [6.07, 6.45) is -4.67. The topological polar surface area (TPSA) is 103 Å². The predicted octanol–water partition coefficient (Wildman–Crippen LogP) is 3.33. The number of nitrogens with zero attached hydrogens (tertiary/aromatic N) is 3.